The molecule has 1 saturated carbocycles. The van der Waals surface area contributed by atoms with Gasteiger partial charge in [-0.3, -0.25) is 4.90 Å². The highest BCUT2D eigenvalue weighted by molar-refractivity contribution is 7.89. The number of ether oxygens (including phenoxy) is 2. The van der Waals surface area contributed by atoms with E-state index in [9.17, 15) is 8.42 Å². The van der Waals surface area contributed by atoms with Gasteiger partial charge in [0, 0.05) is 49.9 Å². The number of hydrogen-bond acceptors (Lipinski definition) is 6. The van der Waals surface area contributed by atoms with E-state index in [4.69, 9.17) is 9.47 Å². The quantitative estimate of drug-likeness (QED) is 0.757. The van der Waals surface area contributed by atoms with Crippen LogP contribution >= 0.6 is 0 Å². The van der Waals surface area contributed by atoms with E-state index < -0.39 is 10.0 Å². The molecule has 0 bridgehead atoms. The number of likely N-dealkylation sites (tertiary alicyclic amines) is 1. The normalized spacial score (nSPS) is 29.5. The largest absolute Gasteiger partial charge is 0.481 e. The Labute approximate surface area is 167 Å². The molecular weight excluding hydrogens is 378 g/mol. The van der Waals surface area contributed by atoms with Gasteiger partial charge in [0.1, 0.15) is 0 Å². The maximum absolute atomic E-state index is 13.0. The van der Waals surface area contributed by atoms with Gasteiger partial charge >= 0.3 is 0 Å². The van der Waals surface area contributed by atoms with Crippen LogP contribution < -0.4 is 4.74 Å². The van der Waals surface area contributed by atoms with Crippen molar-refractivity contribution in [3.05, 3.63) is 18.3 Å². The Hall–Kier alpha value is -1.22. The number of rotatable bonds is 4. The van der Waals surface area contributed by atoms with E-state index in [2.05, 4.69) is 9.88 Å². The molecule has 0 radical (unpaired) electrons. The summed E-state index contributed by atoms with van der Waals surface area (Å²) >= 11 is 0. The number of methoxy groups -OCH3 is 1. The maximum Gasteiger partial charge on any atom is 0.243 e. The van der Waals surface area contributed by atoms with Crippen LogP contribution in [-0.4, -0.2) is 75.2 Å². The lowest BCUT2D eigenvalue weighted by Crippen LogP contribution is -2.67. The van der Waals surface area contributed by atoms with E-state index in [1.165, 1.54) is 51.7 Å². The van der Waals surface area contributed by atoms with Crippen molar-refractivity contribution in [3.8, 4) is 5.88 Å². The number of sulfonamides is 1. The van der Waals surface area contributed by atoms with E-state index >= 15 is 0 Å². The van der Waals surface area contributed by atoms with Crippen molar-refractivity contribution < 1.29 is 17.9 Å². The second kappa shape index (κ2) is 6.65. The highest BCUT2D eigenvalue weighted by atomic mass is 32.2. The predicted octanol–water partition coefficient (Wildman–Crippen LogP) is 1.75. The smallest absolute Gasteiger partial charge is 0.243 e. The molecule has 2 spiro atoms. The standard InChI is InChI=1S/C20H29N3O4S/c1-26-18-10-17(3-7-21-18)28(24,25)23-8-5-19(6-9-23)4-2-16(11-19)22-12-20(13-22)14-27-15-20/h3,7,10,16H,2,4-6,8-9,11-15H2,1H3. The summed E-state index contributed by atoms with van der Waals surface area (Å²) in [5, 5.41) is 0. The minimum atomic E-state index is -3.49. The van der Waals surface area contributed by atoms with Crippen LogP contribution in [-0.2, 0) is 14.8 Å². The molecule has 4 aliphatic rings. The number of nitrogens with zero attached hydrogens (tertiary/aromatic N) is 3. The Morgan fingerprint density at radius 3 is 2.57 bits per heavy atom. The fourth-order valence-corrected chi connectivity index (χ4v) is 7.05. The van der Waals surface area contributed by atoms with Gasteiger partial charge in [0.2, 0.25) is 15.9 Å². The third-order valence-corrected chi connectivity index (χ3v) is 9.32. The van der Waals surface area contributed by atoms with Gasteiger partial charge in [-0.1, -0.05) is 0 Å². The van der Waals surface area contributed by atoms with Gasteiger partial charge in [-0.2, -0.15) is 4.31 Å². The van der Waals surface area contributed by atoms with Crippen LogP contribution in [0.25, 0.3) is 0 Å². The summed E-state index contributed by atoms with van der Waals surface area (Å²) in [7, 11) is -1.99. The molecule has 7 nitrogen and oxygen atoms in total. The second-order valence-electron chi connectivity index (χ2n) is 9.23. The van der Waals surface area contributed by atoms with Gasteiger partial charge < -0.3 is 9.47 Å². The molecule has 4 heterocycles. The zero-order chi connectivity index (χ0) is 19.4. The van der Waals surface area contributed by atoms with E-state index in [1.54, 1.807) is 10.4 Å². The Kier molecular flexibility index (Phi) is 4.46. The van der Waals surface area contributed by atoms with Crippen LogP contribution in [0.15, 0.2) is 23.2 Å². The van der Waals surface area contributed by atoms with Crippen LogP contribution in [0.3, 0.4) is 0 Å². The van der Waals surface area contributed by atoms with Crippen LogP contribution in [0.1, 0.15) is 32.1 Å². The van der Waals surface area contributed by atoms with Crippen molar-refractivity contribution >= 4 is 10.0 Å². The number of aromatic nitrogens is 1. The lowest BCUT2D eigenvalue weighted by Gasteiger charge is -2.57. The zero-order valence-corrected chi connectivity index (χ0v) is 17.3. The first-order valence-electron chi connectivity index (χ1n) is 10.3. The van der Waals surface area contributed by atoms with Crippen molar-refractivity contribution in [2.45, 2.75) is 43.0 Å². The Balaban J connectivity index is 1.20. The van der Waals surface area contributed by atoms with Crippen LogP contribution in [0.5, 0.6) is 5.88 Å². The minimum Gasteiger partial charge on any atom is -0.481 e. The first kappa shape index (κ1) is 18.8. The molecule has 3 aliphatic heterocycles. The second-order valence-corrected chi connectivity index (χ2v) is 11.2. The zero-order valence-electron chi connectivity index (χ0n) is 16.5. The topological polar surface area (TPSA) is 72.0 Å². The molecule has 0 N–H and O–H groups in total. The molecule has 1 aromatic rings. The fraction of sp³-hybridized carbons (Fsp3) is 0.750. The molecule has 1 atom stereocenters. The van der Waals surface area contributed by atoms with Crippen molar-refractivity contribution in [1.29, 1.82) is 0 Å². The average Bonchev–Trinajstić information content (AvgIpc) is 3.03. The van der Waals surface area contributed by atoms with Crippen LogP contribution in [0.4, 0.5) is 0 Å². The van der Waals surface area contributed by atoms with E-state index in [0.717, 1.165) is 26.1 Å². The van der Waals surface area contributed by atoms with Crippen molar-refractivity contribution in [2.75, 3.05) is 46.5 Å². The summed E-state index contributed by atoms with van der Waals surface area (Å²) in [6, 6.07) is 3.74. The average molecular weight is 408 g/mol. The summed E-state index contributed by atoms with van der Waals surface area (Å²) in [6.07, 6.45) is 7.13. The number of piperidine rings is 1. The summed E-state index contributed by atoms with van der Waals surface area (Å²) in [5.41, 5.74) is 0.796. The molecule has 0 aromatic carbocycles. The van der Waals surface area contributed by atoms with Gasteiger partial charge in [-0.25, -0.2) is 13.4 Å². The predicted molar refractivity (Wildman–Crippen MR) is 104 cm³/mol. The summed E-state index contributed by atoms with van der Waals surface area (Å²) in [4.78, 5) is 6.93. The monoisotopic (exact) mass is 407 g/mol. The SMILES string of the molecule is COc1cc(S(=O)(=O)N2CCC3(CCC(N4CC5(COC5)C4)C3)CC2)ccn1. The van der Waals surface area contributed by atoms with E-state index in [0.29, 0.717) is 35.8 Å². The van der Waals surface area contributed by atoms with Gasteiger partial charge in [-0.15, -0.1) is 0 Å². The molecule has 1 aliphatic carbocycles. The third-order valence-electron chi connectivity index (χ3n) is 7.42. The molecule has 28 heavy (non-hydrogen) atoms. The van der Waals surface area contributed by atoms with Crippen molar-refractivity contribution in [3.63, 3.8) is 0 Å². The molecule has 8 heteroatoms. The molecular formula is C20H29N3O4S. The Morgan fingerprint density at radius 2 is 1.93 bits per heavy atom. The van der Waals surface area contributed by atoms with Crippen molar-refractivity contribution in [2.24, 2.45) is 10.8 Å². The molecule has 3 saturated heterocycles. The maximum atomic E-state index is 13.0. The summed E-state index contributed by atoms with van der Waals surface area (Å²) < 4.78 is 38.2. The molecule has 154 valence electrons. The molecule has 1 unspecified atom stereocenters. The van der Waals surface area contributed by atoms with Gasteiger partial charge in [-0.05, 0) is 43.6 Å². The summed E-state index contributed by atoms with van der Waals surface area (Å²) in [6.45, 7) is 5.48. The van der Waals surface area contributed by atoms with E-state index in [-0.39, 0.29) is 4.90 Å². The molecule has 1 aromatic heterocycles. The number of pyridine rings is 1. The Bertz CT molecular complexity index is 839. The van der Waals surface area contributed by atoms with Gasteiger partial charge in [0.15, 0.2) is 0 Å². The first-order chi connectivity index (χ1) is 13.4. The fourth-order valence-electron chi connectivity index (χ4n) is 5.60. The molecule has 5 rings (SSSR count). The highest BCUT2D eigenvalue weighted by Crippen LogP contribution is 2.51. The van der Waals surface area contributed by atoms with E-state index in [1.807, 2.05) is 0 Å². The third kappa shape index (κ3) is 3.05. The van der Waals surface area contributed by atoms with Crippen LogP contribution in [0.2, 0.25) is 0 Å². The lowest BCUT2D eigenvalue weighted by atomic mass is 9.75. The minimum absolute atomic E-state index is 0.271. The summed E-state index contributed by atoms with van der Waals surface area (Å²) in [5.74, 6) is 0.331. The highest BCUT2D eigenvalue weighted by Gasteiger charge is 2.53. The van der Waals surface area contributed by atoms with Crippen molar-refractivity contribution in [1.82, 2.24) is 14.2 Å². The number of hydrogen-bond donors (Lipinski definition) is 0. The molecule has 0 amide bonds. The van der Waals surface area contributed by atoms with Gasteiger partial charge in [0.25, 0.3) is 0 Å². The van der Waals surface area contributed by atoms with Gasteiger partial charge in [0.05, 0.1) is 25.2 Å². The molecule has 4 fully saturated rings. The first-order valence-corrected chi connectivity index (χ1v) is 11.7. The van der Waals surface area contributed by atoms with Crippen LogP contribution in [0, 0.1) is 10.8 Å². The Morgan fingerprint density at radius 1 is 1.18 bits per heavy atom. The lowest BCUT2D eigenvalue weighted by molar-refractivity contribution is -0.198.